The molecule has 2 saturated heterocycles. The predicted octanol–water partition coefficient (Wildman–Crippen LogP) is 0.555. The van der Waals surface area contributed by atoms with Crippen LogP contribution in [-0.4, -0.2) is 90.2 Å². The van der Waals surface area contributed by atoms with E-state index in [-0.39, 0.29) is 24.5 Å². The number of benzene rings is 1. The van der Waals surface area contributed by atoms with Gasteiger partial charge < -0.3 is 14.7 Å². The maximum atomic E-state index is 13.3. The Morgan fingerprint density at radius 3 is 2.43 bits per heavy atom. The van der Waals surface area contributed by atoms with E-state index in [4.69, 9.17) is 9.84 Å². The zero-order valence-corrected chi connectivity index (χ0v) is 16.0. The highest BCUT2D eigenvalue weighted by Gasteiger charge is 2.43. The van der Waals surface area contributed by atoms with Crippen molar-refractivity contribution in [2.45, 2.75) is 18.9 Å². The summed E-state index contributed by atoms with van der Waals surface area (Å²) in [4.78, 5) is 32.1. The number of ether oxygens (including phenoxy) is 1. The molecule has 150 valence electrons. The van der Waals surface area contributed by atoms with E-state index in [1.54, 1.807) is 0 Å². The zero-order chi connectivity index (χ0) is 19.5. The van der Waals surface area contributed by atoms with Crippen LogP contribution in [0.25, 0.3) is 5.57 Å². The Labute approximate surface area is 165 Å². The normalized spacial score (nSPS) is 24.0. The molecule has 7 nitrogen and oxygen atoms in total. The fourth-order valence-electron chi connectivity index (χ4n) is 4.22. The van der Waals surface area contributed by atoms with Crippen molar-refractivity contribution in [1.29, 1.82) is 0 Å². The van der Waals surface area contributed by atoms with E-state index in [1.807, 2.05) is 35.2 Å². The Bertz CT molecular complexity index is 750. The van der Waals surface area contributed by atoms with Crippen molar-refractivity contribution < 1.29 is 19.4 Å². The van der Waals surface area contributed by atoms with E-state index in [9.17, 15) is 9.59 Å². The Morgan fingerprint density at radius 1 is 1.04 bits per heavy atom. The summed E-state index contributed by atoms with van der Waals surface area (Å²) in [7, 11) is 0. The molecule has 3 heterocycles. The highest BCUT2D eigenvalue weighted by atomic mass is 16.5. The number of aliphatic hydroxyl groups is 1. The number of hydrogen-bond donors (Lipinski definition) is 1. The van der Waals surface area contributed by atoms with Crippen LogP contribution in [0.1, 0.15) is 18.4 Å². The summed E-state index contributed by atoms with van der Waals surface area (Å²) in [5, 5.41) is 9.15. The van der Waals surface area contributed by atoms with Crippen molar-refractivity contribution in [3.63, 3.8) is 0 Å². The first kappa shape index (κ1) is 19.1. The van der Waals surface area contributed by atoms with Gasteiger partial charge >= 0.3 is 0 Å². The first-order valence-corrected chi connectivity index (χ1v) is 10.0. The van der Waals surface area contributed by atoms with E-state index in [0.717, 1.165) is 31.5 Å². The minimum absolute atomic E-state index is 0.0642. The van der Waals surface area contributed by atoms with Gasteiger partial charge in [0.1, 0.15) is 5.70 Å². The second-order valence-corrected chi connectivity index (χ2v) is 7.50. The van der Waals surface area contributed by atoms with Crippen LogP contribution in [0, 0.1) is 0 Å². The second kappa shape index (κ2) is 8.43. The van der Waals surface area contributed by atoms with Gasteiger partial charge in [-0.05, 0) is 18.4 Å². The van der Waals surface area contributed by atoms with Crippen LogP contribution in [-0.2, 0) is 14.3 Å². The average Bonchev–Trinajstić information content (AvgIpc) is 3.32. The lowest BCUT2D eigenvalue weighted by molar-refractivity contribution is -0.139. The average molecular weight is 385 g/mol. The molecule has 0 aliphatic carbocycles. The fourth-order valence-corrected chi connectivity index (χ4v) is 4.22. The molecule has 0 saturated carbocycles. The summed E-state index contributed by atoms with van der Waals surface area (Å²) < 4.78 is 5.67. The molecule has 0 radical (unpaired) electrons. The van der Waals surface area contributed by atoms with Crippen LogP contribution in [0.2, 0.25) is 0 Å². The summed E-state index contributed by atoms with van der Waals surface area (Å²) in [6.45, 7) is 4.64. The monoisotopic (exact) mass is 385 g/mol. The number of imide groups is 1. The molecular weight excluding hydrogens is 358 g/mol. The number of nitrogens with zero attached hydrogens (tertiary/aromatic N) is 3. The van der Waals surface area contributed by atoms with Crippen LogP contribution in [0.5, 0.6) is 0 Å². The van der Waals surface area contributed by atoms with Crippen molar-refractivity contribution in [3.05, 3.63) is 41.6 Å². The van der Waals surface area contributed by atoms with Gasteiger partial charge in [0.05, 0.1) is 24.8 Å². The van der Waals surface area contributed by atoms with E-state index >= 15 is 0 Å². The molecule has 1 atom stereocenters. The van der Waals surface area contributed by atoms with Crippen LogP contribution in [0.15, 0.2) is 36.0 Å². The van der Waals surface area contributed by atoms with E-state index in [1.165, 1.54) is 4.90 Å². The Kier molecular flexibility index (Phi) is 5.75. The summed E-state index contributed by atoms with van der Waals surface area (Å²) in [6, 6.07) is 9.46. The number of hydrogen-bond acceptors (Lipinski definition) is 6. The molecule has 0 bridgehead atoms. The molecule has 1 aromatic rings. The fraction of sp³-hybridized carbons (Fsp3) is 0.524. The first-order chi connectivity index (χ1) is 13.7. The third kappa shape index (κ3) is 3.70. The molecule has 0 aromatic heterocycles. The third-order valence-electron chi connectivity index (χ3n) is 5.72. The van der Waals surface area contributed by atoms with Crippen LogP contribution in [0.3, 0.4) is 0 Å². The minimum atomic E-state index is -0.223. The smallest absolute Gasteiger partial charge is 0.277 e. The quantitative estimate of drug-likeness (QED) is 0.722. The molecular formula is C21H27N3O4. The number of piperazine rings is 1. The Balaban J connectivity index is 1.61. The van der Waals surface area contributed by atoms with Crippen molar-refractivity contribution in [3.8, 4) is 0 Å². The first-order valence-electron chi connectivity index (χ1n) is 10.0. The SMILES string of the molecule is O=C1C(c2ccccc2)=C(N2CCN(CCO)CC2)C(=O)N1CC1CCCO1. The van der Waals surface area contributed by atoms with Crippen molar-refractivity contribution >= 4 is 17.4 Å². The number of carbonyl (C=O) groups excluding carboxylic acids is 2. The Hall–Kier alpha value is -2.22. The molecule has 2 fully saturated rings. The lowest BCUT2D eigenvalue weighted by Gasteiger charge is -2.36. The van der Waals surface area contributed by atoms with Crippen LogP contribution in [0.4, 0.5) is 0 Å². The van der Waals surface area contributed by atoms with Gasteiger partial charge in [0.25, 0.3) is 11.8 Å². The van der Waals surface area contributed by atoms with Crippen LogP contribution < -0.4 is 0 Å². The molecule has 2 amide bonds. The highest BCUT2D eigenvalue weighted by molar-refractivity contribution is 6.35. The van der Waals surface area contributed by atoms with Gasteiger partial charge in [-0.1, -0.05) is 30.3 Å². The van der Waals surface area contributed by atoms with Gasteiger partial charge in [-0.2, -0.15) is 0 Å². The standard InChI is InChI=1S/C21H27N3O4/c25-13-12-22-8-10-23(11-9-22)19-18(16-5-2-1-3-6-16)20(26)24(21(19)27)15-17-7-4-14-28-17/h1-3,5-6,17,25H,4,7-15H2. The van der Waals surface area contributed by atoms with Gasteiger partial charge in [-0.25, -0.2) is 0 Å². The molecule has 1 aromatic carbocycles. The number of aliphatic hydroxyl groups excluding tert-OH is 1. The maximum absolute atomic E-state index is 13.3. The molecule has 28 heavy (non-hydrogen) atoms. The van der Waals surface area contributed by atoms with Crippen molar-refractivity contribution in [1.82, 2.24) is 14.7 Å². The largest absolute Gasteiger partial charge is 0.395 e. The van der Waals surface area contributed by atoms with E-state index in [2.05, 4.69) is 4.90 Å². The topological polar surface area (TPSA) is 73.3 Å². The molecule has 4 rings (SSSR count). The predicted molar refractivity (Wildman–Crippen MR) is 104 cm³/mol. The van der Waals surface area contributed by atoms with Crippen molar-refractivity contribution in [2.24, 2.45) is 0 Å². The van der Waals surface area contributed by atoms with Crippen LogP contribution >= 0.6 is 0 Å². The summed E-state index contributed by atoms with van der Waals surface area (Å²) in [6.07, 6.45) is 1.79. The zero-order valence-electron chi connectivity index (χ0n) is 16.0. The van der Waals surface area contributed by atoms with Crippen molar-refractivity contribution in [2.75, 3.05) is 52.5 Å². The molecule has 1 N–H and O–H groups in total. The highest BCUT2D eigenvalue weighted by Crippen LogP contribution is 2.33. The second-order valence-electron chi connectivity index (χ2n) is 7.50. The van der Waals surface area contributed by atoms with Gasteiger partial charge in [-0.3, -0.25) is 19.4 Å². The van der Waals surface area contributed by atoms with Gasteiger partial charge in [0.2, 0.25) is 0 Å². The molecule has 1 unspecified atom stereocenters. The number of carbonyl (C=O) groups is 2. The van der Waals surface area contributed by atoms with Gasteiger partial charge in [-0.15, -0.1) is 0 Å². The summed E-state index contributed by atoms with van der Waals surface area (Å²) in [5.41, 5.74) is 1.79. The lowest BCUT2D eigenvalue weighted by atomic mass is 10.0. The third-order valence-corrected chi connectivity index (χ3v) is 5.72. The Morgan fingerprint density at radius 2 is 1.79 bits per heavy atom. The van der Waals surface area contributed by atoms with Gasteiger partial charge in [0.15, 0.2) is 0 Å². The number of rotatable bonds is 6. The molecule has 0 spiro atoms. The molecule has 3 aliphatic rings. The van der Waals surface area contributed by atoms with E-state index < -0.39 is 0 Å². The maximum Gasteiger partial charge on any atom is 0.277 e. The van der Waals surface area contributed by atoms with Gasteiger partial charge in [0, 0.05) is 39.3 Å². The molecule has 3 aliphatic heterocycles. The van der Waals surface area contributed by atoms with E-state index in [0.29, 0.717) is 44.1 Å². The molecule has 7 heteroatoms. The minimum Gasteiger partial charge on any atom is -0.395 e. The summed E-state index contributed by atoms with van der Waals surface area (Å²) >= 11 is 0. The number of β-amino-alcohol motifs (C(OH)–C–C–N with tert-alkyl or cyclic N) is 1. The number of amides is 2. The lowest BCUT2D eigenvalue weighted by Crippen LogP contribution is -2.48. The summed E-state index contributed by atoms with van der Waals surface area (Å²) in [5.74, 6) is -0.436.